The molecule has 0 aromatic heterocycles. The molecule has 2 amide bonds. The van der Waals surface area contributed by atoms with Crippen LogP contribution in [-0.2, 0) is 9.53 Å². The van der Waals surface area contributed by atoms with Crippen LogP contribution in [0.1, 0.15) is 15.9 Å². The maximum absolute atomic E-state index is 12.6. The average molecular weight is 415 g/mol. The molecule has 3 rings (SSSR count). The van der Waals surface area contributed by atoms with Crippen molar-refractivity contribution in [3.63, 3.8) is 0 Å². The zero-order valence-electron chi connectivity index (χ0n) is 15.3. The summed E-state index contributed by atoms with van der Waals surface area (Å²) in [5.41, 5.74) is 1.98. The molecular weight excluding hydrogens is 396 g/mol. The SMILES string of the molecule is COC(=O)c1ccc(NCN2C(=O)SC(=Cc3ccc(SC)cc3)C2=O)cc1. The van der Waals surface area contributed by atoms with Gasteiger partial charge in [0.1, 0.15) is 0 Å². The summed E-state index contributed by atoms with van der Waals surface area (Å²) in [5, 5.41) is 2.70. The minimum Gasteiger partial charge on any atom is -0.465 e. The van der Waals surface area contributed by atoms with Crippen molar-refractivity contribution in [1.82, 2.24) is 4.90 Å². The van der Waals surface area contributed by atoms with Gasteiger partial charge < -0.3 is 10.1 Å². The van der Waals surface area contributed by atoms with E-state index in [0.29, 0.717) is 16.2 Å². The maximum Gasteiger partial charge on any atom is 0.337 e. The van der Waals surface area contributed by atoms with E-state index in [1.54, 1.807) is 42.1 Å². The van der Waals surface area contributed by atoms with Crippen LogP contribution < -0.4 is 5.32 Å². The number of anilines is 1. The highest BCUT2D eigenvalue weighted by atomic mass is 32.2. The summed E-state index contributed by atoms with van der Waals surface area (Å²) in [7, 11) is 1.32. The number of carbonyl (C=O) groups is 3. The quantitative estimate of drug-likeness (QED) is 0.429. The number of esters is 1. The number of hydrogen-bond donors (Lipinski definition) is 1. The zero-order valence-corrected chi connectivity index (χ0v) is 16.9. The van der Waals surface area contributed by atoms with Crippen molar-refractivity contribution < 1.29 is 19.1 Å². The molecule has 6 nitrogen and oxygen atoms in total. The fourth-order valence-electron chi connectivity index (χ4n) is 2.50. The number of carbonyl (C=O) groups excluding carboxylic acids is 3. The molecule has 1 N–H and O–H groups in total. The highest BCUT2D eigenvalue weighted by molar-refractivity contribution is 8.18. The molecule has 28 heavy (non-hydrogen) atoms. The number of nitrogens with zero attached hydrogens (tertiary/aromatic N) is 1. The fraction of sp³-hybridized carbons (Fsp3) is 0.150. The van der Waals surface area contributed by atoms with Crippen molar-refractivity contribution in [3.8, 4) is 0 Å². The van der Waals surface area contributed by atoms with Crippen LogP contribution in [0.2, 0.25) is 0 Å². The Balaban J connectivity index is 1.64. The number of ether oxygens (including phenoxy) is 1. The van der Waals surface area contributed by atoms with Gasteiger partial charge in [-0.15, -0.1) is 11.8 Å². The number of hydrogen-bond acceptors (Lipinski definition) is 7. The third-order valence-corrected chi connectivity index (χ3v) is 5.69. The lowest BCUT2D eigenvalue weighted by atomic mass is 10.2. The number of benzene rings is 2. The Kier molecular flexibility index (Phi) is 6.43. The number of methoxy groups -OCH3 is 1. The second-order valence-corrected chi connectivity index (χ2v) is 7.66. The second-order valence-electron chi connectivity index (χ2n) is 5.79. The van der Waals surface area contributed by atoms with Crippen molar-refractivity contribution in [2.75, 3.05) is 25.4 Å². The normalized spacial score (nSPS) is 15.2. The average Bonchev–Trinajstić information content (AvgIpc) is 2.99. The summed E-state index contributed by atoms with van der Waals surface area (Å²) >= 11 is 2.56. The van der Waals surface area contributed by atoms with Gasteiger partial charge in [-0.05, 0) is 66.1 Å². The van der Waals surface area contributed by atoms with E-state index < -0.39 is 5.97 Å². The van der Waals surface area contributed by atoms with Crippen LogP contribution in [0.25, 0.3) is 6.08 Å². The maximum atomic E-state index is 12.6. The zero-order chi connectivity index (χ0) is 20.1. The molecule has 0 atom stereocenters. The third-order valence-electron chi connectivity index (χ3n) is 4.03. The molecule has 1 fully saturated rings. The Morgan fingerprint density at radius 3 is 2.43 bits per heavy atom. The molecular formula is C20H18N2O4S2. The van der Waals surface area contributed by atoms with Crippen LogP contribution in [0.4, 0.5) is 10.5 Å². The minimum atomic E-state index is -0.423. The van der Waals surface area contributed by atoms with Gasteiger partial charge in [-0.25, -0.2) is 4.79 Å². The Hall–Kier alpha value is -2.71. The van der Waals surface area contributed by atoms with E-state index >= 15 is 0 Å². The van der Waals surface area contributed by atoms with E-state index in [1.807, 2.05) is 30.5 Å². The Bertz CT molecular complexity index is 924. The Morgan fingerprint density at radius 1 is 1.14 bits per heavy atom. The molecule has 0 radical (unpaired) electrons. The highest BCUT2D eigenvalue weighted by Gasteiger charge is 2.34. The number of nitrogens with one attached hydrogen (secondary N) is 1. The van der Waals surface area contributed by atoms with E-state index in [-0.39, 0.29) is 17.8 Å². The van der Waals surface area contributed by atoms with Gasteiger partial charge in [0.2, 0.25) is 0 Å². The second kappa shape index (κ2) is 8.99. The summed E-state index contributed by atoms with van der Waals surface area (Å²) < 4.78 is 4.65. The number of thioether (sulfide) groups is 2. The topological polar surface area (TPSA) is 75.7 Å². The highest BCUT2D eigenvalue weighted by Crippen LogP contribution is 2.32. The molecule has 1 saturated heterocycles. The molecule has 1 aliphatic rings. The molecule has 144 valence electrons. The van der Waals surface area contributed by atoms with Crippen LogP contribution >= 0.6 is 23.5 Å². The summed E-state index contributed by atoms with van der Waals surface area (Å²) in [4.78, 5) is 38.9. The lowest BCUT2D eigenvalue weighted by Gasteiger charge is -2.14. The van der Waals surface area contributed by atoms with Crippen LogP contribution in [0, 0.1) is 0 Å². The van der Waals surface area contributed by atoms with Crippen LogP contribution in [-0.4, -0.2) is 42.0 Å². The van der Waals surface area contributed by atoms with E-state index in [0.717, 1.165) is 27.1 Å². The first-order valence-electron chi connectivity index (χ1n) is 8.33. The standard InChI is InChI=1S/C20H18N2O4S2/c1-26-19(24)14-5-7-15(8-6-14)21-12-22-18(23)17(28-20(22)25)11-13-3-9-16(27-2)10-4-13/h3-11,21H,12H2,1-2H3. The monoisotopic (exact) mass is 414 g/mol. The number of imide groups is 1. The Labute approximate surface area is 171 Å². The fourth-order valence-corrected chi connectivity index (χ4v) is 3.75. The van der Waals surface area contributed by atoms with E-state index in [1.165, 1.54) is 7.11 Å². The summed E-state index contributed by atoms with van der Waals surface area (Å²) in [6.45, 7) is 0.0466. The summed E-state index contributed by atoms with van der Waals surface area (Å²) in [6.07, 6.45) is 3.72. The summed E-state index contributed by atoms with van der Waals surface area (Å²) in [6, 6.07) is 14.4. The van der Waals surface area contributed by atoms with Gasteiger partial charge in [0.15, 0.2) is 0 Å². The molecule has 0 saturated carbocycles. The summed E-state index contributed by atoms with van der Waals surface area (Å²) in [5.74, 6) is -0.754. The smallest absolute Gasteiger partial charge is 0.337 e. The third kappa shape index (κ3) is 4.58. The van der Waals surface area contributed by atoms with E-state index in [4.69, 9.17) is 0 Å². The first kappa shape index (κ1) is 20.0. The van der Waals surface area contributed by atoms with Gasteiger partial charge in [0, 0.05) is 10.6 Å². The van der Waals surface area contributed by atoms with Crippen molar-refractivity contribution in [2.24, 2.45) is 0 Å². The molecule has 2 aromatic rings. The molecule has 0 unspecified atom stereocenters. The van der Waals surface area contributed by atoms with Crippen LogP contribution in [0.15, 0.2) is 58.3 Å². The lowest BCUT2D eigenvalue weighted by molar-refractivity contribution is -0.122. The van der Waals surface area contributed by atoms with Crippen molar-refractivity contribution in [3.05, 3.63) is 64.6 Å². The molecule has 0 aliphatic carbocycles. The van der Waals surface area contributed by atoms with Gasteiger partial charge in [0.05, 0.1) is 24.2 Å². The minimum absolute atomic E-state index is 0.0466. The first-order chi connectivity index (χ1) is 13.5. The molecule has 2 aromatic carbocycles. The molecule has 1 heterocycles. The molecule has 8 heteroatoms. The van der Waals surface area contributed by atoms with Crippen molar-refractivity contribution >= 4 is 52.4 Å². The predicted octanol–water partition coefficient (Wildman–Crippen LogP) is 4.30. The van der Waals surface area contributed by atoms with Crippen LogP contribution in [0.5, 0.6) is 0 Å². The van der Waals surface area contributed by atoms with E-state index in [9.17, 15) is 14.4 Å². The van der Waals surface area contributed by atoms with Crippen LogP contribution in [0.3, 0.4) is 0 Å². The molecule has 0 spiro atoms. The van der Waals surface area contributed by atoms with E-state index in [2.05, 4.69) is 10.1 Å². The number of amides is 2. The van der Waals surface area contributed by atoms with Gasteiger partial charge in [-0.1, -0.05) is 12.1 Å². The lowest BCUT2D eigenvalue weighted by Crippen LogP contribution is -2.33. The molecule has 1 aliphatic heterocycles. The van der Waals surface area contributed by atoms with Gasteiger partial charge in [-0.3, -0.25) is 14.5 Å². The van der Waals surface area contributed by atoms with Crippen molar-refractivity contribution in [2.45, 2.75) is 4.90 Å². The van der Waals surface area contributed by atoms with Crippen molar-refractivity contribution in [1.29, 1.82) is 0 Å². The van der Waals surface area contributed by atoms with Gasteiger partial charge in [-0.2, -0.15) is 0 Å². The van der Waals surface area contributed by atoms with Gasteiger partial charge >= 0.3 is 5.97 Å². The number of rotatable bonds is 6. The first-order valence-corrected chi connectivity index (χ1v) is 10.4. The predicted molar refractivity (Wildman–Crippen MR) is 112 cm³/mol. The van der Waals surface area contributed by atoms with Gasteiger partial charge in [0.25, 0.3) is 11.1 Å². The Morgan fingerprint density at radius 2 is 1.82 bits per heavy atom. The molecule has 0 bridgehead atoms. The largest absolute Gasteiger partial charge is 0.465 e.